The van der Waals surface area contributed by atoms with Gasteiger partial charge in [-0.25, -0.2) is 0 Å². The molecule has 0 fully saturated rings. The Balaban J connectivity index is 1.89. The van der Waals surface area contributed by atoms with E-state index in [1.807, 2.05) is 36.4 Å². The first-order chi connectivity index (χ1) is 10.1. The largest absolute Gasteiger partial charge is 0.383 e. The van der Waals surface area contributed by atoms with E-state index >= 15 is 0 Å². The third-order valence-electron chi connectivity index (χ3n) is 3.07. The molecule has 0 spiro atoms. The molecule has 0 aliphatic rings. The van der Waals surface area contributed by atoms with Crippen LogP contribution in [0.5, 0.6) is 0 Å². The van der Waals surface area contributed by atoms with E-state index in [-0.39, 0.29) is 17.6 Å². The zero-order valence-electron chi connectivity index (χ0n) is 11.2. The number of benzene rings is 1. The van der Waals surface area contributed by atoms with Crippen LogP contribution in [0.2, 0.25) is 0 Å². The van der Waals surface area contributed by atoms with Gasteiger partial charge in [-0.15, -0.1) is 0 Å². The van der Waals surface area contributed by atoms with Crippen LogP contribution in [0.3, 0.4) is 0 Å². The van der Waals surface area contributed by atoms with Gasteiger partial charge in [-0.05, 0) is 0 Å². The molecule has 0 amide bonds. The van der Waals surface area contributed by atoms with Crippen LogP contribution in [0, 0.1) is 0 Å². The van der Waals surface area contributed by atoms with E-state index in [0.717, 1.165) is 11.3 Å². The molecule has 2 aromatic heterocycles. The Morgan fingerprint density at radius 3 is 2.29 bits per heavy atom. The van der Waals surface area contributed by atoms with Gasteiger partial charge in [-0.3, -0.25) is 0 Å². The lowest BCUT2D eigenvalue weighted by Crippen LogP contribution is -2.08. The molecule has 0 saturated heterocycles. The van der Waals surface area contributed by atoms with Crippen molar-refractivity contribution in [3.05, 3.63) is 47.7 Å². The Bertz CT molecular complexity index is 745. The average Bonchev–Trinajstić information content (AvgIpc) is 2.92. The highest BCUT2D eigenvalue weighted by molar-refractivity contribution is 5.60. The van der Waals surface area contributed by atoms with Gasteiger partial charge in [0.15, 0.2) is 0 Å². The highest BCUT2D eigenvalue weighted by Gasteiger charge is 2.13. The van der Waals surface area contributed by atoms with Gasteiger partial charge in [-0.1, -0.05) is 35.5 Å². The monoisotopic (exact) mass is 282 g/mol. The van der Waals surface area contributed by atoms with Crippen molar-refractivity contribution in [1.82, 2.24) is 15.1 Å². The molecule has 0 aliphatic heterocycles. The highest BCUT2D eigenvalue weighted by atomic mass is 16.5. The summed E-state index contributed by atoms with van der Waals surface area (Å²) < 4.78 is 5.32. The van der Waals surface area contributed by atoms with E-state index in [1.165, 1.54) is 0 Å². The lowest BCUT2D eigenvalue weighted by atomic mass is 10.1. The van der Waals surface area contributed by atoms with E-state index in [1.54, 1.807) is 0 Å². The predicted molar refractivity (Wildman–Crippen MR) is 80.0 cm³/mol. The van der Waals surface area contributed by atoms with Gasteiger partial charge in [0.1, 0.15) is 23.1 Å². The van der Waals surface area contributed by atoms with Gasteiger partial charge < -0.3 is 21.7 Å². The first-order valence-electron chi connectivity index (χ1n) is 6.32. The summed E-state index contributed by atoms with van der Waals surface area (Å²) >= 11 is 0. The molecule has 7 nitrogen and oxygen atoms in total. The Labute approximate surface area is 120 Å². The first kappa shape index (κ1) is 12.9. The summed E-state index contributed by atoms with van der Waals surface area (Å²) in [7, 11) is 0. The van der Waals surface area contributed by atoms with E-state index < -0.39 is 0 Å². The average molecular weight is 282 g/mol. The number of hydrogen-bond donors (Lipinski definition) is 3. The normalized spacial score (nSPS) is 10.7. The summed E-state index contributed by atoms with van der Waals surface area (Å²) in [5.41, 5.74) is 19.4. The maximum Gasteiger partial charge on any atom is 0.223 e. The van der Waals surface area contributed by atoms with Gasteiger partial charge >= 0.3 is 0 Å². The fourth-order valence-electron chi connectivity index (χ4n) is 2.03. The molecule has 6 N–H and O–H groups in total. The second-order valence-corrected chi connectivity index (χ2v) is 4.55. The molecule has 7 heteroatoms. The number of rotatable bonds is 3. The fourth-order valence-corrected chi connectivity index (χ4v) is 2.03. The maximum absolute atomic E-state index is 5.81. The zero-order chi connectivity index (χ0) is 14.8. The van der Waals surface area contributed by atoms with Crippen molar-refractivity contribution in [2.24, 2.45) is 0 Å². The summed E-state index contributed by atoms with van der Waals surface area (Å²) in [6.45, 7) is 0. The zero-order valence-corrected chi connectivity index (χ0v) is 11.2. The van der Waals surface area contributed by atoms with Crippen LogP contribution in [0.4, 0.5) is 17.6 Å². The van der Waals surface area contributed by atoms with Gasteiger partial charge in [0.05, 0.1) is 0 Å². The van der Waals surface area contributed by atoms with Crippen molar-refractivity contribution in [1.29, 1.82) is 0 Å². The molecule has 0 atom stereocenters. The maximum atomic E-state index is 5.81. The SMILES string of the molecule is Nc1nc(N)c(Cc2cc(-c3ccccc3)no2)c(N)n1. The van der Waals surface area contributed by atoms with Crippen molar-refractivity contribution in [3.8, 4) is 11.3 Å². The second kappa shape index (κ2) is 5.12. The Kier molecular flexibility index (Phi) is 3.15. The Morgan fingerprint density at radius 2 is 1.62 bits per heavy atom. The first-order valence-corrected chi connectivity index (χ1v) is 6.32. The molecule has 1 aromatic carbocycles. The van der Waals surface area contributed by atoms with Crippen LogP contribution in [-0.4, -0.2) is 15.1 Å². The molecule has 0 aliphatic carbocycles. The summed E-state index contributed by atoms with van der Waals surface area (Å²) in [6.07, 6.45) is 0.359. The van der Waals surface area contributed by atoms with Gasteiger partial charge in [0.25, 0.3) is 0 Å². The number of hydrogen-bond acceptors (Lipinski definition) is 7. The van der Waals surface area contributed by atoms with Crippen molar-refractivity contribution in [2.45, 2.75) is 6.42 Å². The highest BCUT2D eigenvalue weighted by Crippen LogP contribution is 2.24. The smallest absolute Gasteiger partial charge is 0.223 e. The van der Waals surface area contributed by atoms with Crippen LogP contribution in [0.15, 0.2) is 40.9 Å². The molecule has 0 unspecified atom stereocenters. The Morgan fingerprint density at radius 1 is 0.952 bits per heavy atom. The number of aromatic nitrogens is 3. The standard InChI is InChI=1S/C14H14N6O/c15-12-10(13(16)19-14(17)18-12)6-9-7-11(20-21-9)8-4-2-1-3-5-8/h1-5,7H,6H2,(H6,15,16,17,18,19). The van der Waals surface area contributed by atoms with Gasteiger partial charge in [0.2, 0.25) is 5.95 Å². The third-order valence-corrected chi connectivity index (χ3v) is 3.07. The lowest BCUT2D eigenvalue weighted by molar-refractivity contribution is 0.391. The van der Waals surface area contributed by atoms with Crippen molar-refractivity contribution >= 4 is 17.6 Å². The minimum absolute atomic E-state index is 0.0521. The van der Waals surface area contributed by atoms with E-state index in [2.05, 4.69) is 15.1 Å². The third kappa shape index (κ3) is 2.62. The number of nitrogens with zero attached hydrogens (tertiary/aromatic N) is 3. The van der Waals surface area contributed by atoms with Gasteiger partial charge in [0, 0.05) is 23.6 Å². The van der Waals surface area contributed by atoms with Crippen molar-refractivity contribution in [3.63, 3.8) is 0 Å². The summed E-state index contributed by atoms with van der Waals surface area (Å²) in [5, 5.41) is 4.04. The number of nitrogens with two attached hydrogens (primary N) is 3. The minimum atomic E-state index is 0.0521. The molecule has 3 rings (SSSR count). The topological polar surface area (TPSA) is 130 Å². The van der Waals surface area contributed by atoms with Crippen LogP contribution < -0.4 is 17.2 Å². The van der Waals surface area contributed by atoms with Crippen LogP contribution >= 0.6 is 0 Å². The number of anilines is 3. The fraction of sp³-hybridized carbons (Fsp3) is 0.0714. The Hall–Kier alpha value is -3.09. The van der Waals surface area contributed by atoms with Crippen LogP contribution in [0.25, 0.3) is 11.3 Å². The molecule has 0 bridgehead atoms. The second-order valence-electron chi connectivity index (χ2n) is 4.55. The van der Waals surface area contributed by atoms with Gasteiger partial charge in [-0.2, -0.15) is 9.97 Å². The molecule has 0 saturated carbocycles. The molecular weight excluding hydrogens is 268 g/mol. The quantitative estimate of drug-likeness (QED) is 0.663. The molecule has 3 aromatic rings. The van der Waals surface area contributed by atoms with Crippen LogP contribution in [-0.2, 0) is 6.42 Å². The molecular formula is C14H14N6O. The lowest BCUT2D eigenvalue weighted by Gasteiger charge is -2.06. The van der Waals surface area contributed by atoms with E-state index in [9.17, 15) is 0 Å². The van der Waals surface area contributed by atoms with Crippen molar-refractivity contribution in [2.75, 3.05) is 17.2 Å². The summed E-state index contributed by atoms with van der Waals surface area (Å²) in [6, 6.07) is 11.6. The van der Waals surface area contributed by atoms with E-state index in [0.29, 0.717) is 17.7 Å². The molecule has 106 valence electrons. The summed E-state index contributed by atoms with van der Waals surface area (Å²) in [5.74, 6) is 1.17. The molecule has 2 heterocycles. The van der Waals surface area contributed by atoms with Crippen molar-refractivity contribution < 1.29 is 4.52 Å². The summed E-state index contributed by atoms with van der Waals surface area (Å²) in [4.78, 5) is 7.80. The molecule has 21 heavy (non-hydrogen) atoms. The number of nitrogen functional groups attached to an aromatic ring is 3. The van der Waals surface area contributed by atoms with E-state index in [4.69, 9.17) is 21.7 Å². The molecule has 0 radical (unpaired) electrons. The predicted octanol–water partition coefficient (Wildman–Crippen LogP) is 1.47. The minimum Gasteiger partial charge on any atom is -0.383 e. The van der Waals surface area contributed by atoms with Crippen LogP contribution in [0.1, 0.15) is 11.3 Å².